The van der Waals surface area contributed by atoms with E-state index in [1.807, 2.05) is 14.0 Å². The summed E-state index contributed by atoms with van der Waals surface area (Å²) in [5.74, 6) is -2.01. The van der Waals surface area contributed by atoms with Gasteiger partial charge in [-0.05, 0) is 53.1 Å². The van der Waals surface area contributed by atoms with E-state index >= 15 is 0 Å². The van der Waals surface area contributed by atoms with Crippen molar-refractivity contribution in [2.75, 3.05) is 20.7 Å². The van der Waals surface area contributed by atoms with Gasteiger partial charge < -0.3 is 25.7 Å². The summed E-state index contributed by atoms with van der Waals surface area (Å²) in [6, 6.07) is 1.11. The summed E-state index contributed by atoms with van der Waals surface area (Å²) in [5, 5.41) is 26.8. The molecule has 0 heterocycles. The maximum atomic E-state index is 9.55. The number of carbonyl (C=O) groups is 2. The van der Waals surface area contributed by atoms with Gasteiger partial charge in [0, 0.05) is 30.2 Å². The second-order valence-electron chi connectivity index (χ2n) is 6.03. The van der Waals surface area contributed by atoms with Crippen LogP contribution >= 0.6 is 0 Å². The number of carboxylic acid groups (broad SMARTS) is 2. The summed E-state index contributed by atoms with van der Waals surface area (Å²) >= 11 is 0. The zero-order valence-corrected chi connectivity index (χ0v) is 16.2. The van der Waals surface area contributed by atoms with Gasteiger partial charge in [-0.15, -0.1) is 0 Å². The molecule has 26 heavy (non-hydrogen) atoms. The summed E-state index contributed by atoms with van der Waals surface area (Å²) in [6.45, 7) is 4.88. The minimum atomic E-state index is -1.26. The molecule has 1 saturated carbocycles. The lowest BCUT2D eigenvalue weighted by molar-refractivity contribution is -0.134. The fourth-order valence-corrected chi connectivity index (χ4v) is 2.97. The summed E-state index contributed by atoms with van der Waals surface area (Å²) in [6.07, 6.45) is 6.96. The van der Waals surface area contributed by atoms with Crippen LogP contribution < -0.4 is 10.6 Å². The first-order valence-electron chi connectivity index (χ1n) is 9.06. The molecule has 1 aliphatic carbocycles. The molecule has 0 aromatic carbocycles. The Labute approximate surface area is 155 Å². The highest BCUT2D eigenvalue weighted by atomic mass is 16.6. The second kappa shape index (κ2) is 14.3. The van der Waals surface area contributed by atoms with Gasteiger partial charge in [0.05, 0.1) is 5.71 Å². The molecule has 0 radical (unpaired) electrons. The van der Waals surface area contributed by atoms with Gasteiger partial charge >= 0.3 is 11.9 Å². The first kappa shape index (κ1) is 24.1. The lowest BCUT2D eigenvalue weighted by Crippen LogP contribution is -2.44. The van der Waals surface area contributed by atoms with Crippen LogP contribution in [0, 0.1) is 5.92 Å². The molecule has 0 spiro atoms. The molecule has 8 nitrogen and oxygen atoms in total. The zero-order valence-electron chi connectivity index (χ0n) is 16.2. The van der Waals surface area contributed by atoms with Crippen molar-refractivity contribution in [3.63, 3.8) is 0 Å². The third-order valence-electron chi connectivity index (χ3n) is 4.35. The van der Waals surface area contributed by atoms with Crippen molar-refractivity contribution in [2.24, 2.45) is 11.1 Å². The van der Waals surface area contributed by atoms with Gasteiger partial charge in [-0.3, -0.25) is 0 Å². The number of hydrogen-bond acceptors (Lipinski definition) is 6. The third kappa shape index (κ3) is 10.1. The van der Waals surface area contributed by atoms with Gasteiger partial charge in [-0.25, -0.2) is 9.59 Å². The quantitative estimate of drug-likeness (QED) is 0.361. The van der Waals surface area contributed by atoms with Crippen LogP contribution in [0.25, 0.3) is 0 Å². The van der Waals surface area contributed by atoms with Gasteiger partial charge in [-0.1, -0.05) is 12.1 Å². The van der Waals surface area contributed by atoms with E-state index in [9.17, 15) is 9.59 Å². The SMILES string of the molecule is CCON=C1CCCC(NC)C1CC(CC)NC.O=C(O)/C=C/C(=O)O. The van der Waals surface area contributed by atoms with Crippen molar-refractivity contribution in [2.45, 2.75) is 58.0 Å². The highest BCUT2D eigenvalue weighted by molar-refractivity contribution is 5.89. The van der Waals surface area contributed by atoms with E-state index in [1.54, 1.807) is 0 Å². The van der Waals surface area contributed by atoms with Gasteiger partial charge in [0.15, 0.2) is 0 Å². The molecule has 3 atom stereocenters. The fraction of sp³-hybridized carbons (Fsp3) is 0.722. The van der Waals surface area contributed by atoms with E-state index in [-0.39, 0.29) is 0 Å². The van der Waals surface area contributed by atoms with Crippen molar-refractivity contribution in [3.05, 3.63) is 12.2 Å². The number of nitrogens with zero attached hydrogens (tertiary/aromatic N) is 1. The largest absolute Gasteiger partial charge is 0.478 e. The molecule has 1 fully saturated rings. The minimum Gasteiger partial charge on any atom is -0.478 e. The first-order valence-corrected chi connectivity index (χ1v) is 9.06. The molecule has 0 aromatic heterocycles. The van der Waals surface area contributed by atoms with Crippen molar-refractivity contribution >= 4 is 17.7 Å². The molecule has 0 aromatic rings. The molecule has 150 valence electrons. The van der Waals surface area contributed by atoms with Crippen molar-refractivity contribution in [3.8, 4) is 0 Å². The Morgan fingerprint density at radius 1 is 1.27 bits per heavy atom. The van der Waals surface area contributed by atoms with E-state index in [4.69, 9.17) is 15.1 Å². The predicted octanol–water partition coefficient (Wildman–Crippen LogP) is 1.87. The van der Waals surface area contributed by atoms with Crippen LogP contribution in [0.15, 0.2) is 17.3 Å². The van der Waals surface area contributed by atoms with Gasteiger partial charge in [0.1, 0.15) is 6.61 Å². The van der Waals surface area contributed by atoms with Gasteiger partial charge in [0.25, 0.3) is 0 Å². The number of oxime groups is 1. The normalized spacial score (nSPS) is 22.5. The lowest BCUT2D eigenvalue weighted by Gasteiger charge is -2.34. The van der Waals surface area contributed by atoms with Crippen LogP contribution in [0.4, 0.5) is 0 Å². The number of carboxylic acids is 2. The van der Waals surface area contributed by atoms with E-state index in [0.29, 0.717) is 36.8 Å². The molecule has 4 N–H and O–H groups in total. The fourth-order valence-electron chi connectivity index (χ4n) is 2.97. The van der Waals surface area contributed by atoms with E-state index < -0.39 is 11.9 Å². The van der Waals surface area contributed by atoms with Crippen LogP contribution in [-0.4, -0.2) is 60.6 Å². The Balaban J connectivity index is 0.000000660. The molecular weight excluding hydrogens is 338 g/mol. The second-order valence-corrected chi connectivity index (χ2v) is 6.03. The monoisotopic (exact) mass is 371 g/mol. The van der Waals surface area contributed by atoms with Crippen LogP contribution in [0.2, 0.25) is 0 Å². The van der Waals surface area contributed by atoms with Crippen LogP contribution in [0.1, 0.15) is 46.0 Å². The molecule has 1 aliphatic rings. The summed E-state index contributed by atoms with van der Waals surface area (Å²) < 4.78 is 0. The Hall–Kier alpha value is -1.93. The van der Waals surface area contributed by atoms with E-state index in [1.165, 1.54) is 18.6 Å². The standard InChI is InChI=1S/C14H29N3O.C4H4O4/c1-5-11(15-3)10-12-13(16-4)8-7-9-14(12)17-18-6-2;5-3(6)1-2-4(7)8/h11-13,15-16H,5-10H2,1-4H3;1-2H,(H,5,6)(H,7,8)/b;2-1+. The summed E-state index contributed by atoms with van der Waals surface area (Å²) in [7, 11) is 4.10. The van der Waals surface area contributed by atoms with E-state index in [0.717, 1.165) is 19.3 Å². The zero-order chi connectivity index (χ0) is 19.9. The van der Waals surface area contributed by atoms with Crippen molar-refractivity contribution < 1.29 is 24.6 Å². The molecule has 3 unspecified atom stereocenters. The molecule has 1 rings (SSSR count). The van der Waals surface area contributed by atoms with Gasteiger partial charge in [-0.2, -0.15) is 0 Å². The minimum absolute atomic E-state index is 0.507. The van der Waals surface area contributed by atoms with E-state index in [2.05, 4.69) is 29.8 Å². The molecule has 0 bridgehead atoms. The lowest BCUT2D eigenvalue weighted by atomic mass is 9.79. The molecular formula is C18H33N3O5. The van der Waals surface area contributed by atoms with Crippen LogP contribution in [0.3, 0.4) is 0 Å². The molecule has 8 heteroatoms. The maximum absolute atomic E-state index is 9.55. The number of aliphatic carboxylic acids is 2. The number of hydrogen-bond donors (Lipinski definition) is 4. The Morgan fingerprint density at radius 2 is 1.88 bits per heavy atom. The van der Waals surface area contributed by atoms with Crippen LogP contribution in [-0.2, 0) is 14.4 Å². The highest BCUT2D eigenvalue weighted by Gasteiger charge is 2.31. The smallest absolute Gasteiger partial charge is 0.328 e. The summed E-state index contributed by atoms with van der Waals surface area (Å²) in [5.41, 5.74) is 1.25. The molecule has 0 saturated heterocycles. The number of nitrogens with one attached hydrogen (secondary N) is 2. The maximum Gasteiger partial charge on any atom is 0.328 e. The Morgan fingerprint density at radius 3 is 2.31 bits per heavy atom. The van der Waals surface area contributed by atoms with Crippen molar-refractivity contribution in [1.82, 2.24) is 10.6 Å². The average molecular weight is 371 g/mol. The average Bonchev–Trinajstić information content (AvgIpc) is 2.63. The topological polar surface area (TPSA) is 120 Å². The third-order valence-corrected chi connectivity index (χ3v) is 4.35. The Kier molecular flexibility index (Phi) is 13.2. The van der Waals surface area contributed by atoms with Gasteiger partial charge in [0.2, 0.25) is 0 Å². The number of rotatable bonds is 9. The predicted molar refractivity (Wildman–Crippen MR) is 101 cm³/mol. The molecule has 0 aliphatic heterocycles. The van der Waals surface area contributed by atoms with Crippen molar-refractivity contribution in [1.29, 1.82) is 0 Å². The van der Waals surface area contributed by atoms with Crippen LogP contribution in [0.5, 0.6) is 0 Å². The summed E-state index contributed by atoms with van der Waals surface area (Å²) in [4.78, 5) is 24.4. The molecule has 0 amide bonds. The Bertz CT molecular complexity index is 459. The highest BCUT2D eigenvalue weighted by Crippen LogP contribution is 2.27. The first-order chi connectivity index (χ1) is 12.4.